The molecule has 1 fully saturated rings. The zero-order chi connectivity index (χ0) is 23.7. The molecule has 34 heavy (non-hydrogen) atoms. The fourth-order valence-corrected chi connectivity index (χ4v) is 6.23. The van der Waals surface area contributed by atoms with Gasteiger partial charge in [0.05, 0.1) is 18.6 Å². The normalized spacial score (nSPS) is 14.9. The number of H-pyrrole nitrogens is 1. The lowest BCUT2D eigenvalue weighted by molar-refractivity contribution is -0.134. The third kappa shape index (κ3) is 4.51. The van der Waals surface area contributed by atoms with Crippen LogP contribution in [0, 0.1) is 12.7 Å². The predicted molar refractivity (Wildman–Crippen MR) is 133 cm³/mol. The van der Waals surface area contributed by atoms with Crippen LogP contribution in [0.5, 0.6) is 0 Å². The number of aromatic amines is 1. The Hall–Kier alpha value is -3.01. The van der Waals surface area contributed by atoms with E-state index in [0.29, 0.717) is 41.7 Å². The first-order valence-electron chi connectivity index (χ1n) is 10.9. The fraction of sp³-hybridized carbons (Fsp3) is 0.240. The molecular weight excluding hydrogens is 473 g/mol. The van der Waals surface area contributed by atoms with Crippen LogP contribution in [0.1, 0.15) is 15.7 Å². The van der Waals surface area contributed by atoms with E-state index in [1.807, 2.05) is 37.3 Å². The molecule has 4 aromatic rings. The van der Waals surface area contributed by atoms with Gasteiger partial charge in [0.1, 0.15) is 15.9 Å². The zero-order valence-electron chi connectivity index (χ0n) is 18.4. The first-order valence-corrected chi connectivity index (χ1v) is 12.6. The minimum atomic E-state index is -0.544. The number of carbonyl (C=O) groups excluding carboxylic acids is 1. The van der Waals surface area contributed by atoms with Gasteiger partial charge in [0.2, 0.25) is 5.91 Å². The van der Waals surface area contributed by atoms with Crippen LogP contribution in [0.3, 0.4) is 0 Å². The summed E-state index contributed by atoms with van der Waals surface area (Å²) in [7, 11) is 0. The van der Waals surface area contributed by atoms with Crippen molar-refractivity contribution in [3.05, 3.63) is 81.2 Å². The van der Waals surface area contributed by atoms with Crippen LogP contribution in [0.2, 0.25) is 0 Å². The van der Waals surface area contributed by atoms with E-state index < -0.39 is 5.25 Å². The average molecular weight is 496 g/mol. The van der Waals surface area contributed by atoms with Crippen molar-refractivity contribution in [2.75, 3.05) is 26.3 Å². The van der Waals surface area contributed by atoms with Crippen molar-refractivity contribution in [1.82, 2.24) is 14.9 Å². The molecule has 9 heteroatoms. The molecule has 174 valence electrons. The van der Waals surface area contributed by atoms with Crippen LogP contribution < -0.4 is 5.56 Å². The number of fused-ring (bicyclic) bond motifs is 1. The van der Waals surface area contributed by atoms with Gasteiger partial charge in [-0.3, -0.25) is 9.59 Å². The Kier molecular flexibility index (Phi) is 6.49. The van der Waals surface area contributed by atoms with Crippen molar-refractivity contribution in [1.29, 1.82) is 0 Å². The van der Waals surface area contributed by atoms with E-state index in [1.54, 1.807) is 17.0 Å². The Morgan fingerprint density at radius 2 is 1.85 bits per heavy atom. The number of aryl methyl sites for hydroxylation is 1. The number of halogens is 1. The maximum absolute atomic E-state index is 13.4. The van der Waals surface area contributed by atoms with Crippen LogP contribution in [-0.4, -0.2) is 47.1 Å². The van der Waals surface area contributed by atoms with Crippen molar-refractivity contribution >= 4 is 39.2 Å². The molecule has 0 unspecified atom stereocenters. The van der Waals surface area contributed by atoms with Crippen LogP contribution >= 0.6 is 23.1 Å². The van der Waals surface area contributed by atoms with Crippen molar-refractivity contribution in [2.24, 2.45) is 0 Å². The number of thioether (sulfide) groups is 1. The summed E-state index contributed by atoms with van der Waals surface area (Å²) in [6.07, 6.45) is 0. The fourth-order valence-electron chi connectivity index (χ4n) is 4.07. The summed E-state index contributed by atoms with van der Waals surface area (Å²) in [5, 5.41) is 0.326. The topological polar surface area (TPSA) is 75.3 Å². The lowest BCUT2D eigenvalue weighted by Crippen LogP contribution is -2.42. The molecule has 1 N–H and O–H groups in total. The van der Waals surface area contributed by atoms with Gasteiger partial charge in [-0.15, -0.1) is 11.3 Å². The van der Waals surface area contributed by atoms with Gasteiger partial charge in [0.25, 0.3) is 5.56 Å². The lowest BCUT2D eigenvalue weighted by atomic mass is 10.0. The molecule has 1 amide bonds. The SMILES string of the molecule is Cc1sc2nc(S[C@@H](C(=O)N3CCOCC3)c3ccccc3)[nH]c(=O)c2c1-c1ccc(F)cc1. The molecule has 0 aliphatic carbocycles. The van der Waals surface area contributed by atoms with Crippen molar-refractivity contribution in [2.45, 2.75) is 17.3 Å². The number of ether oxygens (including phenoxy) is 1. The monoisotopic (exact) mass is 495 g/mol. The van der Waals surface area contributed by atoms with E-state index in [4.69, 9.17) is 9.72 Å². The maximum atomic E-state index is 13.4. The molecule has 6 nitrogen and oxygen atoms in total. The van der Waals surface area contributed by atoms with Crippen molar-refractivity contribution in [3.63, 3.8) is 0 Å². The third-order valence-corrected chi connectivity index (χ3v) is 7.85. The number of nitrogens with zero attached hydrogens (tertiary/aromatic N) is 2. The molecule has 3 heterocycles. The first-order chi connectivity index (χ1) is 16.5. The summed E-state index contributed by atoms with van der Waals surface area (Å²) in [6.45, 7) is 4.03. The number of benzene rings is 2. The minimum Gasteiger partial charge on any atom is -0.378 e. The molecule has 0 bridgehead atoms. The highest BCUT2D eigenvalue weighted by Crippen LogP contribution is 2.39. The number of carbonyl (C=O) groups is 1. The molecule has 2 aromatic heterocycles. The van der Waals surface area contributed by atoms with E-state index >= 15 is 0 Å². The Balaban J connectivity index is 1.53. The molecule has 5 rings (SSSR count). The highest BCUT2D eigenvalue weighted by molar-refractivity contribution is 8.00. The number of amides is 1. The summed E-state index contributed by atoms with van der Waals surface area (Å²) in [5.41, 5.74) is 2.10. The molecule has 2 aromatic carbocycles. The summed E-state index contributed by atoms with van der Waals surface area (Å²) in [4.78, 5) is 37.5. The molecular formula is C25H22FN3O3S2. The average Bonchev–Trinajstić information content (AvgIpc) is 3.20. The molecule has 1 aliphatic rings. The summed E-state index contributed by atoms with van der Waals surface area (Å²) in [5.74, 6) is -0.361. The van der Waals surface area contributed by atoms with Gasteiger partial charge in [-0.1, -0.05) is 54.2 Å². The Morgan fingerprint density at radius 3 is 2.56 bits per heavy atom. The lowest BCUT2D eigenvalue weighted by Gasteiger charge is -2.30. The van der Waals surface area contributed by atoms with Gasteiger partial charge in [0.15, 0.2) is 5.16 Å². The number of morpholine rings is 1. The van der Waals surface area contributed by atoms with Crippen LogP contribution in [0.4, 0.5) is 4.39 Å². The smallest absolute Gasteiger partial charge is 0.260 e. The number of rotatable bonds is 5. The van der Waals surface area contributed by atoms with Crippen LogP contribution in [0.15, 0.2) is 64.5 Å². The predicted octanol–water partition coefficient (Wildman–Crippen LogP) is 4.79. The van der Waals surface area contributed by atoms with E-state index in [0.717, 1.165) is 21.6 Å². The highest BCUT2D eigenvalue weighted by atomic mass is 32.2. The van der Waals surface area contributed by atoms with E-state index in [2.05, 4.69) is 4.98 Å². The van der Waals surface area contributed by atoms with Crippen LogP contribution in [-0.2, 0) is 9.53 Å². The standard InChI is InChI=1S/C25H22FN3O3S2/c1-15-19(16-7-9-18(26)10-8-16)20-22(30)27-25(28-23(20)33-15)34-21(17-5-3-2-4-6-17)24(31)29-11-13-32-14-12-29/h2-10,21H,11-14H2,1H3,(H,27,28,30)/t21-/m1/s1. The van der Waals surface area contributed by atoms with Gasteiger partial charge in [-0.25, -0.2) is 9.37 Å². The molecule has 1 atom stereocenters. The van der Waals surface area contributed by atoms with Gasteiger partial charge in [0, 0.05) is 23.5 Å². The first kappa shape index (κ1) is 22.8. The molecule has 1 aliphatic heterocycles. The van der Waals surface area contributed by atoms with Gasteiger partial charge in [-0.05, 0) is 30.2 Å². The number of aromatic nitrogens is 2. The van der Waals surface area contributed by atoms with Crippen molar-refractivity contribution in [3.8, 4) is 11.1 Å². The highest BCUT2D eigenvalue weighted by Gasteiger charge is 2.29. The second-order valence-corrected chi connectivity index (χ2v) is 10.2. The van der Waals surface area contributed by atoms with Gasteiger partial charge >= 0.3 is 0 Å². The van der Waals surface area contributed by atoms with Gasteiger partial charge < -0.3 is 14.6 Å². The van der Waals surface area contributed by atoms with Gasteiger partial charge in [-0.2, -0.15) is 0 Å². The summed E-state index contributed by atoms with van der Waals surface area (Å²) in [6, 6.07) is 15.6. The van der Waals surface area contributed by atoms with E-state index in [9.17, 15) is 14.0 Å². The number of hydrogen-bond donors (Lipinski definition) is 1. The summed E-state index contributed by atoms with van der Waals surface area (Å²) >= 11 is 2.66. The molecule has 0 saturated carbocycles. The second-order valence-electron chi connectivity index (χ2n) is 7.94. The van der Waals surface area contributed by atoms with Crippen LogP contribution in [0.25, 0.3) is 21.3 Å². The zero-order valence-corrected chi connectivity index (χ0v) is 20.0. The number of nitrogens with one attached hydrogen (secondary N) is 1. The largest absolute Gasteiger partial charge is 0.378 e. The number of thiophene rings is 1. The van der Waals surface area contributed by atoms with E-state index in [-0.39, 0.29) is 17.3 Å². The van der Waals surface area contributed by atoms with Crippen molar-refractivity contribution < 1.29 is 13.9 Å². The molecule has 0 radical (unpaired) electrons. The number of hydrogen-bond acceptors (Lipinski definition) is 6. The second kappa shape index (κ2) is 9.69. The van der Waals surface area contributed by atoms with E-state index in [1.165, 1.54) is 35.2 Å². The summed E-state index contributed by atoms with van der Waals surface area (Å²) < 4.78 is 18.8. The Labute approximate surface area is 203 Å². The quantitative estimate of drug-likeness (QED) is 0.318. The Morgan fingerprint density at radius 1 is 1.15 bits per heavy atom. The molecule has 0 spiro atoms. The minimum absolute atomic E-state index is 0.0309. The molecule has 1 saturated heterocycles. The Bertz CT molecular complexity index is 1380. The third-order valence-electron chi connectivity index (χ3n) is 5.73. The maximum Gasteiger partial charge on any atom is 0.260 e.